The third-order valence-electron chi connectivity index (χ3n) is 4.97. The Bertz CT molecular complexity index is 1100. The molecule has 0 unspecified atom stereocenters. The van der Waals surface area contributed by atoms with E-state index in [0.717, 1.165) is 29.9 Å². The van der Waals surface area contributed by atoms with Crippen LogP contribution in [0, 0.1) is 13.8 Å². The highest BCUT2D eigenvalue weighted by atomic mass is 32.2. The first kappa shape index (κ1) is 21.1. The van der Waals surface area contributed by atoms with Crippen molar-refractivity contribution >= 4 is 34.3 Å². The molecular formula is C21H27N5O2S. The number of amides is 1. The van der Waals surface area contributed by atoms with Crippen LogP contribution in [0.15, 0.2) is 34.2 Å². The van der Waals surface area contributed by atoms with Crippen LogP contribution in [0.1, 0.15) is 38.1 Å². The van der Waals surface area contributed by atoms with E-state index in [1.807, 2.05) is 46.0 Å². The lowest BCUT2D eigenvalue weighted by Gasteiger charge is -2.16. The van der Waals surface area contributed by atoms with E-state index in [9.17, 15) is 9.59 Å². The Kier molecular flexibility index (Phi) is 6.42. The van der Waals surface area contributed by atoms with Gasteiger partial charge in [-0.1, -0.05) is 37.2 Å². The van der Waals surface area contributed by atoms with Crippen molar-refractivity contribution in [2.45, 2.75) is 57.5 Å². The molecule has 29 heavy (non-hydrogen) atoms. The molecule has 3 rings (SSSR count). The van der Waals surface area contributed by atoms with E-state index in [1.165, 1.54) is 11.8 Å². The Labute approximate surface area is 174 Å². The largest absolute Gasteiger partial charge is 0.322 e. The molecule has 0 fully saturated rings. The molecule has 0 saturated carbocycles. The number of benzene rings is 1. The summed E-state index contributed by atoms with van der Waals surface area (Å²) in [6.45, 7) is 8.28. The summed E-state index contributed by atoms with van der Waals surface area (Å²) in [5.74, 6) is -0.140. The van der Waals surface area contributed by atoms with Gasteiger partial charge in [0.1, 0.15) is 0 Å². The number of anilines is 1. The summed E-state index contributed by atoms with van der Waals surface area (Å²) >= 11 is 1.31. The molecule has 1 atom stereocenters. The summed E-state index contributed by atoms with van der Waals surface area (Å²) in [5.41, 5.74) is 3.01. The lowest BCUT2D eigenvalue weighted by atomic mass is 10.2. The molecular weight excluding hydrogens is 386 g/mol. The predicted molar refractivity (Wildman–Crippen MR) is 118 cm³/mol. The number of nitrogens with one attached hydrogen (secondary N) is 1. The highest BCUT2D eigenvalue weighted by Gasteiger charge is 2.21. The van der Waals surface area contributed by atoms with Gasteiger partial charge in [0.25, 0.3) is 5.56 Å². The van der Waals surface area contributed by atoms with E-state index in [-0.39, 0.29) is 11.5 Å². The van der Waals surface area contributed by atoms with Gasteiger partial charge < -0.3 is 5.32 Å². The normalized spacial score (nSPS) is 12.3. The SMILES string of the molecule is CCCCn1c(S[C@@H](C)C(=O)Nc2c(C)nn(C)c2C)nc2ccccc2c1=O. The van der Waals surface area contributed by atoms with Crippen LogP contribution in [0.5, 0.6) is 0 Å². The monoisotopic (exact) mass is 413 g/mol. The standard InChI is InChI=1S/C21H27N5O2S/c1-6-7-12-26-20(28)16-10-8-9-11-17(16)22-21(26)29-15(4)19(27)23-18-13(2)24-25(5)14(18)3/h8-11,15H,6-7,12H2,1-5H3,(H,23,27)/t15-/m0/s1. The maximum atomic E-state index is 13.0. The minimum absolute atomic E-state index is 0.0573. The third-order valence-corrected chi connectivity index (χ3v) is 6.06. The molecule has 0 radical (unpaired) electrons. The van der Waals surface area contributed by atoms with Gasteiger partial charge in [-0.3, -0.25) is 18.8 Å². The number of hydrogen-bond acceptors (Lipinski definition) is 5. The summed E-state index contributed by atoms with van der Waals surface area (Å²) in [6, 6.07) is 7.34. The predicted octanol–water partition coefficient (Wildman–Crippen LogP) is 3.67. The van der Waals surface area contributed by atoms with Gasteiger partial charge in [-0.15, -0.1) is 0 Å². The minimum atomic E-state index is -0.421. The highest BCUT2D eigenvalue weighted by molar-refractivity contribution is 8.00. The molecule has 0 aliphatic carbocycles. The average molecular weight is 414 g/mol. The lowest BCUT2D eigenvalue weighted by Crippen LogP contribution is -2.27. The van der Waals surface area contributed by atoms with Crippen LogP contribution >= 0.6 is 11.8 Å². The molecule has 1 amide bonds. The molecule has 154 valence electrons. The molecule has 0 spiro atoms. The van der Waals surface area contributed by atoms with Gasteiger partial charge in [0, 0.05) is 13.6 Å². The van der Waals surface area contributed by atoms with Gasteiger partial charge in [0.2, 0.25) is 5.91 Å². The summed E-state index contributed by atoms with van der Waals surface area (Å²) in [6.07, 6.45) is 1.85. The maximum absolute atomic E-state index is 13.0. The van der Waals surface area contributed by atoms with Gasteiger partial charge in [-0.05, 0) is 39.3 Å². The van der Waals surface area contributed by atoms with Crippen molar-refractivity contribution in [1.29, 1.82) is 0 Å². The van der Waals surface area contributed by atoms with Crippen molar-refractivity contribution in [2.24, 2.45) is 7.05 Å². The number of rotatable bonds is 7. The number of aryl methyl sites for hydroxylation is 2. The summed E-state index contributed by atoms with van der Waals surface area (Å²) < 4.78 is 3.44. The Hall–Kier alpha value is -2.61. The fourth-order valence-electron chi connectivity index (χ4n) is 3.14. The van der Waals surface area contributed by atoms with E-state index in [1.54, 1.807) is 15.3 Å². The molecule has 2 heterocycles. The molecule has 1 N–H and O–H groups in total. The van der Waals surface area contributed by atoms with Crippen LogP contribution in [0.2, 0.25) is 0 Å². The second-order valence-corrected chi connectivity index (χ2v) is 8.45. The molecule has 0 aliphatic rings. The number of nitrogens with zero attached hydrogens (tertiary/aromatic N) is 4. The maximum Gasteiger partial charge on any atom is 0.262 e. The summed E-state index contributed by atoms with van der Waals surface area (Å²) in [5, 5.41) is 8.07. The van der Waals surface area contributed by atoms with E-state index in [2.05, 4.69) is 22.3 Å². The number of hydrogen-bond donors (Lipinski definition) is 1. The fraction of sp³-hybridized carbons (Fsp3) is 0.429. The smallest absolute Gasteiger partial charge is 0.262 e. The topological polar surface area (TPSA) is 81.8 Å². The van der Waals surface area contributed by atoms with Crippen molar-refractivity contribution in [1.82, 2.24) is 19.3 Å². The third kappa shape index (κ3) is 4.37. The first-order valence-corrected chi connectivity index (χ1v) is 10.7. The van der Waals surface area contributed by atoms with E-state index in [4.69, 9.17) is 0 Å². The van der Waals surface area contributed by atoms with Gasteiger partial charge in [-0.2, -0.15) is 5.10 Å². The lowest BCUT2D eigenvalue weighted by molar-refractivity contribution is -0.115. The molecule has 7 nitrogen and oxygen atoms in total. The van der Waals surface area contributed by atoms with Crippen LogP contribution in [0.25, 0.3) is 10.9 Å². The number of carbonyl (C=O) groups excluding carboxylic acids is 1. The number of para-hydroxylation sites is 1. The average Bonchev–Trinajstić information content (AvgIpc) is 2.93. The zero-order valence-electron chi connectivity index (χ0n) is 17.5. The quantitative estimate of drug-likeness (QED) is 0.472. The van der Waals surface area contributed by atoms with Crippen molar-refractivity contribution < 1.29 is 4.79 Å². The highest BCUT2D eigenvalue weighted by Crippen LogP contribution is 2.25. The molecule has 3 aromatic rings. The number of unbranched alkanes of at least 4 members (excludes halogenated alkanes) is 1. The van der Waals surface area contributed by atoms with Crippen molar-refractivity contribution in [2.75, 3.05) is 5.32 Å². The van der Waals surface area contributed by atoms with Crippen molar-refractivity contribution in [3.05, 3.63) is 46.0 Å². The molecule has 0 aliphatic heterocycles. The Morgan fingerprint density at radius 2 is 2.00 bits per heavy atom. The fourth-order valence-corrected chi connectivity index (χ4v) is 4.08. The first-order valence-electron chi connectivity index (χ1n) is 9.80. The van der Waals surface area contributed by atoms with Crippen LogP contribution in [0.4, 0.5) is 5.69 Å². The second-order valence-electron chi connectivity index (χ2n) is 7.14. The summed E-state index contributed by atoms with van der Waals surface area (Å²) in [4.78, 5) is 30.5. The summed E-state index contributed by atoms with van der Waals surface area (Å²) in [7, 11) is 1.85. The molecule has 1 aromatic carbocycles. The van der Waals surface area contributed by atoms with Gasteiger partial charge in [-0.25, -0.2) is 4.98 Å². The van der Waals surface area contributed by atoms with Crippen LogP contribution in [-0.4, -0.2) is 30.5 Å². The van der Waals surface area contributed by atoms with E-state index < -0.39 is 5.25 Å². The number of fused-ring (bicyclic) bond motifs is 1. The van der Waals surface area contributed by atoms with E-state index >= 15 is 0 Å². The zero-order valence-corrected chi connectivity index (χ0v) is 18.3. The molecule has 8 heteroatoms. The van der Waals surface area contributed by atoms with Gasteiger partial charge >= 0.3 is 0 Å². The van der Waals surface area contributed by atoms with Crippen LogP contribution in [-0.2, 0) is 18.4 Å². The Morgan fingerprint density at radius 3 is 2.66 bits per heavy atom. The van der Waals surface area contributed by atoms with Crippen molar-refractivity contribution in [3.63, 3.8) is 0 Å². The second kappa shape index (κ2) is 8.82. The van der Waals surface area contributed by atoms with E-state index in [0.29, 0.717) is 22.6 Å². The Balaban J connectivity index is 1.89. The Morgan fingerprint density at radius 1 is 1.28 bits per heavy atom. The zero-order chi connectivity index (χ0) is 21.1. The van der Waals surface area contributed by atoms with Gasteiger partial charge in [0.15, 0.2) is 5.16 Å². The minimum Gasteiger partial charge on any atom is -0.322 e. The number of carbonyl (C=O) groups is 1. The van der Waals surface area contributed by atoms with Gasteiger partial charge in [0.05, 0.1) is 33.2 Å². The number of thioether (sulfide) groups is 1. The van der Waals surface area contributed by atoms with Crippen LogP contribution < -0.4 is 10.9 Å². The first-order chi connectivity index (χ1) is 13.8. The molecule has 2 aromatic heterocycles. The van der Waals surface area contributed by atoms with Crippen molar-refractivity contribution in [3.8, 4) is 0 Å². The molecule has 0 bridgehead atoms. The molecule has 0 saturated heterocycles. The number of aromatic nitrogens is 4. The van der Waals surface area contributed by atoms with Crippen LogP contribution in [0.3, 0.4) is 0 Å².